The van der Waals surface area contributed by atoms with E-state index in [1.165, 1.54) is 11.3 Å². The van der Waals surface area contributed by atoms with Crippen LogP contribution in [0.15, 0.2) is 10.9 Å². The molecular weight excluding hydrogens is 214 g/mol. The highest BCUT2D eigenvalue weighted by Crippen LogP contribution is 2.19. The summed E-state index contributed by atoms with van der Waals surface area (Å²) in [4.78, 5) is 14.5. The number of aromatic nitrogens is 1. The van der Waals surface area contributed by atoms with E-state index in [0.717, 1.165) is 31.6 Å². The molecule has 0 bridgehead atoms. The number of fused-ring (bicyclic) bond motifs is 1. The lowest BCUT2D eigenvalue weighted by Crippen LogP contribution is -2.36. The molecule has 94 valence electrons. The van der Waals surface area contributed by atoms with E-state index < -0.39 is 0 Å². The van der Waals surface area contributed by atoms with Gasteiger partial charge in [-0.05, 0) is 25.1 Å². The first-order valence-electron chi connectivity index (χ1n) is 6.24. The van der Waals surface area contributed by atoms with Gasteiger partial charge in [0.1, 0.15) is 0 Å². The fourth-order valence-electron chi connectivity index (χ4n) is 2.51. The lowest BCUT2D eigenvalue weighted by molar-refractivity contribution is 0.262. The van der Waals surface area contributed by atoms with Crippen molar-refractivity contribution < 1.29 is 0 Å². The molecule has 2 rings (SSSR count). The van der Waals surface area contributed by atoms with Crippen LogP contribution in [-0.4, -0.2) is 22.6 Å². The number of nitrogens with zero attached hydrogens (tertiary/aromatic N) is 2. The summed E-state index contributed by atoms with van der Waals surface area (Å²) < 4.78 is 1.78. The van der Waals surface area contributed by atoms with Crippen LogP contribution >= 0.6 is 0 Å². The molecule has 0 saturated heterocycles. The predicted octanol–water partition coefficient (Wildman–Crippen LogP) is 0.783. The summed E-state index contributed by atoms with van der Waals surface area (Å²) in [5.41, 5.74) is 9.07. The van der Waals surface area contributed by atoms with Crippen molar-refractivity contribution in [2.24, 2.45) is 12.8 Å². The highest BCUT2D eigenvalue weighted by atomic mass is 16.1. The number of pyridine rings is 1. The maximum atomic E-state index is 12.1. The van der Waals surface area contributed by atoms with Gasteiger partial charge >= 0.3 is 0 Å². The highest BCUT2D eigenvalue weighted by Gasteiger charge is 2.20. The summed E-state index contributed by atoms with van der Waals surface area (Å²) in [5, 5.41) is 0. The van der Waals surface area contributed by atoms with Crippen LogP contribution in [0.5, 0.6) is 0 Å². The van der Waals surface area contributed by atoms with Crippen molar-refractivity contribution in [3.05, 3.63) is 33.2 Å². The van der Waals surface area contributed by atoms with Gasteiger partial charge in [0.2, 0.25) is 0 Å². The van der Waals surface area contributed by atoms with Crippen LogP contribution in [0.4, 0.5) is 0 Å². The zero-order valence-electron chi connectivity index (χ0n) is 10.9. The Labute approximate surface area is 102 Å². The third-order valence-corrected chi connectivity index (χ3v) is 3.65. The van der Waals surface area contributed by atoms with Crippen LogP contribution in [0.1, 0.15) is 36.7 Å². The average Bonchev–Trinajstić information content (AvgIpc) is 2.32. The monoisotopic (exact) mass is 235 g/mol. The summed E-state index contributed by atoms with van der Waals surface area (Å²) >= 11 is 0. The standard InChI is InChI=1S/C13H21N3O/c1-4-16-6-5-12-10(8-16)7-11(9(2)14)13(17)15(12)3/h7,9H,4-6,8,14H2,1-3H3. The molecule has 1 aliphatic rings. The van der Waals surface area contributed by atoms with E-state index in [9.17, 15) is 4.79 Å². The summed E-state index contributed by atoms with van der Waals surface area (Å²) in [6.07, 6.45) is 0.953. The molecule has 17 heavy (non-hydrogen) atoms. The Bertz CT molecular complexity index is 476. The average molecular weight is 235 g/mol. The third-order valence-electron chi connectivity index (χ3n) is 3.65. The van der Waals surface area contributed by atoms with Crippen molar-refractivity contribution in [2.75, 3.05) is 13.1 Å². The Kier molecular flexibility index (Phi) is 3.35. The molecule has 1 aromatic heterocycles. The van der Waals surface area contributed by atoms with E-state index in [0.29, 0.717) is 0 Å². The van der Waals surface area contributed by atoms with Crippen molar-refractivity contribution in [2.45, 2.75) is 32.9 Å². The van der Waals surface area contributed by atoms with Gasteiger partial charge in [0.25, 0.3) is 5.56 Å². The van der Waals surface area contributed by atoms with E-state index in [2.05, 4.69) is 11.8 Å². The van der Waals surface area contributed by atoms with E-state index in [-0.39, 0.29) is 11.6 Å². The first-order valence-corrected chi connectivity index (χ1v) is 6.24. The van der Waals surface area contributed by atoms with Gasteiger partial charge in [0, 0.05) is 43.9 Å². The molecule has 0 saturated carbocycles. The second-order valence-corrected chi connectivity index (χ2v) is 4.84. The van der Waals surface area contributed by atoms with Crippen molar-refractivity contribution in [1.29, 1.82) is 0 Å². The first kappa shape index (κ1) is 12.3. The SMILES string of the molecule is CCN1CCc2c(cc(C(C)N)c(=O)n2C)C1. The second kappa shape index (κ2) is 4.63. The maximum Gasteiger partial charge on any atom is 0.255 e. The molecular formula is C13H21N3O. The number of rotatable bonds is 2. The number of hydrogen-bond donors (Lipinski definition) is 1. The summed E-state index contributed by atoms with van der Waals surface area (Å²) in [6, 6.07) is 1.81. The fourth-order valence-corrected chi connectivity index (χ4v) is 2.51. The minimum absolute atomic E-state index is 0.0590. The van der Waals surface area contributed by atoms with Crippen LogP contribution < -0.4 is 11.3 Å². The molecule has 0 fully saturated rings. The van der Waals surface area contributed by atoms with Gasteiger partial charge < -0.3 is 10.3 Å². The van der Waals surface area contributed by atoms with Crippen molar-refractivity contribution in [1.82, 2.24) is 9.47 Å². The molecule has 0 aromatic carbocycles. The summed E-state index contributed by atoms with van der Waals surface area (Å²) in [6.45, 7) is 7.05. The zero-order valence-corrected chi connectivity index (χ0v) is 10.9. The minimum atomic E-state index is -0.198. The number of hydrogen-bond acceptors (Lipinski definition) is 3. The van der Waals surface area contributed by atoms with Gasteiger partial charge in [-0.15, -0.1) is 0 Å². The van der Waals surface area contributed by atoms with E-state index in [1.807, 2.05) is 20.0 Å². The molecule has 4 heteroatoms. The smallest absolute Gasteiger partial charge is 0.255 e. The molecule has 2 N–H and O–H groups in total. The van der Waals surface area contributed by atoms with Gasteiger partial charge in [-0.25, -0.2) is 0 Å². The van der Waals surface area contributed by atoms with E-state index in [4.69, 9.17) is 5.73 Å². The van der Waals surface area contributed by atoms with Crippen LogP contribution in [0.2, 0.25) is 0 Å². The lowest BCUT2D eigenvalue weighted by atomic mass is 10.0. The number of nitrogens with two attached hydrogens (primary N) is 1. The topological polar surface area (TPSA) is 51.3 Å². The van der Waals surface area contributed by atoms with E-state index >= 15 is 0 Å². The lowest BCUT2D eigenvalue weighted by Gasteiger charge is -2.29. The molecule has 1 aliphatic heterocycles. The van der Waals surface area contributed by atoms with Gasteiger partial charge in [0.05, 0.1) is 0 Å². The van der Waals surface area contributed by atoms with Crippen LogP contribution in [-0.2, 0) is 20.0 Å². The van der Waals surface area contributed by atoms with Crippen molar-refractivity contribution >= 4 is 0 Å². The Hall–Kier alpha value is -1.13. The molecule has 0 radical (unpaired) electrons. The quantitative estimate of drug-likeness (QED) is 0.824. The van der Waals surface area contributed by atoms with Gasteiger partial charge in [-0.2, -0.15) is 0 Å². The number of likely N-dealkylation sites (N-methyl/N-ethyl adjacent to an activating group) is 1. The molecule has 0 spiro atoms. The predicted molar refractivity (Wildman–Crippen MR) is 68.9 cm³/mol. The van der Waals surface area contributed by atoms with E-state index in [1.54, 1.807) is 4.57 Å². The molecule has 1 unspecified atom stereocenters. The summed E-state index contributed by atoms with van der Waals surface area (Å²) in [5.74, 6) is 0. The molecule has 4 nitrogen and oxygen atoms in total. The highest BCUT2D eigenvalue weighted by molar-refractivity contribution is 5.30. The molecule has 0 amide bonds. The Morgan fingerprint density at radius 1 is 1.53 bits per heavy atom. The molecule has 2 heterocycles. The Balaban J connectivity index is 2.51. The fraction of sp³-hybridized carbons (Fsp3) is 0.615. The van der Waals surface area contributed by atoms with Crippen LogP contribution in [0, 0.1) is 0 Å². The molecule has 0 aliphatic carbocycles. The molecule has 1 aromatic rings. The minimum Gasteiger partial charge on any atom is -0.324 e. The second-order valence-electron chi connectivity index (χ2n) is 4.84. The van der Waals surface area contributed by atoms with Gasteiger partial charge in [-0.3, -0.25) is 9.69 Å². The zero-order chi connectivity index (χ0) is 12.6. The first-order chi connectivity index (χ1) is 8.04. The largest absolute Gasteiger partial charge is 0.324 e. The Morgan fingerprint density at radius 3 is 2.82 bits per heavy atom. The maximum absolute atomic E-state index is 12.1. The Morgan fingerprint density at radius 2 is 2.24 bits per heavy atom. The normalized spacial score (nSPS) is 17.9. The van der Waals surface area contributed by atoms with Gasteiger partial charge in [-0.1, -0.05) is 6.92 Å². The molecule has 1 atom stereocenters. The van der Waals surface area contributed by atoms with Crippen molar-refractivity contribution in [3.8, 4) is 0 Å². The van der Waals surface area contributed by atoms with Crippen LogP contribution in [0.3, 0.4) is 0 Å². The van der Waals surface area contributed by atoms with Crippen molar-refractivity contribution in [3.63, 3.8) is 0 Å². The summed E-state index contributed by atoms with van der Waals surface area (Å²) in [7, 11) is 1.86. The third kappa shape index (κ3) is 2.15. The van der Waals surface area contributed by atoms with Gasteiger partial charge in [0.15, 0.2) is 0 Å². The van der Waals surface area contributed by atoms with Crippen LogP contribution in [0.25, 0.3) is 0 Å².